The molecule has 0 aromatic heterocycles. The van der Waals surface area contributed by atoms with E-state index in [1.807, 2.05) is 0 Å². The van der Waals surface area contributed by atoms with Gasteiger partial charge in [0.1, 0.15) is 11.4 Å². The average Bonchev–Trinajstić information content (AvgIpc) is 2.75. The van der Waals surface area contributed by atoms with Crippen LogP contribution in [0.25, 0.3) is 0 Å². The van der Waals surface area contributed by atoms with E-state index in [1.165, 1.54) is 18.2 Å². The zero-order valence-corrected chi connectivity index (χ0v) is 12.8. The highest BCUT2D eigenvalue weighted by atomic mass is 19.1. The Labute approximate surface area is 133 Å². The third kappa shape index (κ3) is 2.67. The van der Waals surface area contributed by atoms with Crippen LogP contribution in [0.3, 0.4) is 0 Å². The van der Waals surface area contributed by atoms with Gasteiger partial charge in [-0.05, 0) is 43.7 Å². The molecular formula is C16H18FN3O3. The van der Waals surface area contributed by atoms with Gasteiger partial charge in [-0.1, -0.05) is 19.1 Å². The minimum Gasteiger partial charge on any atom is -0.322 e. The van der Waals surface area contributed by atoms with Crippen molar-refractivity contribution in [1.82, 2.24) is 15.8 Å². The molecule has 2 fully saturated rings. The molecule has 1 saturated heterocycles. The van der Waals surface area contributed by atoms with E-state index in [4.69, 9.17) is 0 Å². The number of halogens is 1. The number of carbonyl (C=O) groups excluding carboxylic acids is 3. The molecule has 0 bridgehead atoms. The number of hydrogen-bond acceptors (Lipinski definition) is 3. The zero-order valence-electron chi connectivity index (χ0n) is 12.8. The third-order valence-electron chi connectivity index (χ3n) is 4.62. The van der Waals surface area contributed by atoms with Crippen molar-refractivity contribution in [3.05, 3.63) is 35.6 Å². The Kier molecular flexibility index (Phi) is 3.79. The summed E-state index contributed by atoms with van der Waals surface area (Å²) in [5.74, 6) is -1.50. The van der Waals surface area contributed by atoms with E-state index in [-0.39, 0.29) is 5.56 Å². The van der Waals surface area contributed by atoms with Gasteiger partial charge in [0, 0.05) is 0 Å². The fourth-order valence-electron chi connectivity index (χ4n) is 3.12. The summed E-state index contributed by atoms with van der Waals surface area (Å²) in [7, 11) is 0. The summed E-state index contributed by atoms with van der Waals surface area (Å²) in [4.78, 5) is 36.8. The van der Waals surface area contributed by atoms with Crippen molar-refractivity contribution in [2.45, 2.75) is 38.1 Å². The maximum atomic E-state index is 13.6. The summed E-state index contributed by atoms with van der Waals surface area (Å²) in [5, 5.41) is 3.36. The molecule has 1 heterocycles. The van der Waals surface area contributed by atoms with E-state index in [0.717, 1.165) is 18.9 Å². The molecule has 0 atom stereocenters. The molecule has 3 rings (SSSR count). The van der Waals surface area contributed by atoms with Crippen molar-refractivity contribution in [3.8, 4) is 0 Å². The van der Waals surface area contributed by atoms with Crippen LogP contribution in [-0.4, -0.2) is 28.4 Å². The van der Waals surface area contributed by atoms with Gasteiger partial charge in [0.25, 0.3) is 11.8 Å². The number of amides is 4. The monoisotopic (exact) mass is 319 g/mol. The number of nitrogens with one attached hydrogen (secondary N) is 2. The Bertz CT molecular complexity index is 668. The quantitative estimate of drug-likeness (QED) is 0.818. The maximum Gasteiger partial charge on any atom is 0.344 e. The second kappa shape index (κ2) is 5.64. The summed E-state index contributed by atoms with van der Waals surface area (Å²) >= 11 is 0. The normalized spacial score (nSPS) is 27.2. The molecule has 1 aromatic carbocycles. The van der Waals surface area contributed by atoms with Crippen LogP contribution in [-0.2, 0) is 4.79 Å². The number of urea groups is 1. The number of benzene rings is 1. The van der Waals surface area contributed by atoms with E-state index in [0.29, 0.717) is 23.8 Å². The van der Waals surface area contributed by atoms with Gasteiger partial charge in [0.05, 0.1) is 5.56 Å². The number of hydrazine groups is 1. The van der Waals surface area contributed by atoms with E-state index in [1.54, 1.807) is 0 Å². The van der Waals surface area contributed by atoms with Crippen LogP contribution in [0.2, 0.25) is 0 Å². The number of carbonyl (C=O) groups is 3. The lowest BCUT2D eigenvalue weighted by Crippen LogP contribution is -2.51. The van der Waals surface area contributed by atoms with Crippen molar-refractivity contribution in [2.75, 3.05) is 0 Å². The average molecular weight is 319 g/mol. The van der Waals surface area contributed by atoms with Gasteiger partial charge in [-0.25, -0.2) is 9.18 Å². The van der Waals surface area contributed by atoms with Crippen molar-refractivity contribution in [1.29, 1.82) is 0 Å². The highest BCUT2D eigenvalue weighted by Gasteiger charge is 2.52. The Morgan fingerprint density at radius 3 is 2.61 bits per heavy atom. The van der Waals surface area contributed by atoms with Gasteiger partial charge in [0.15, 0.2) is 0 Å². The lowest BCUT2D eigenvalue weighted by molar-refractivity contribution is -0.134. The van der Waals surface area contributed by atoms with Gasteiger partial charge >= 0.3 is 6.03 Å². The van der Waals surface area contributed by atoms with Crippen molar-refractivity contribution in [3.63, 3.8) is 0 Å². The number of rotatable bonds is 2. The first-order valence-electron chi connectivity index (χ1n) is 7.65. The van der Waals surface area contributed by atoms with Gasteiger partial charge in [-0.3, -0.25) is 15.0 Å². The molecule has 2 aliphatic rings. The number of hydrogen-bond donors (Lipinski definition) is 2. The van der Waals surface area contributed by atoms with Crippen molar-refractivity contribution < 1.29 is 18.8 Å². The largest absolute Gasteiger partial charge is 0.344 e. The number of imide groups is 1. The molecule has 122 valence electrons. The van der Waals surface area contributed by atoms with Crippen LogP contribution < -0.4 is 10.7 Å². The summed E-state index contributed by atoms with van der Waals surface area (Å²) < 4.78 is 13.6. The summed E-state index contributed by atoms with van der Waals surface area (Å²) in [5.41, 5.74) is 1.06. The van der Waals surface area contributed by atoms with Gasteiger partial charge in [-0.15, -0.1) is 0 Å². The SMILES string of the molecule is CC1CCC2(CC1)NC(=O)N(NC(=O)c1ccccc1F)C2=O. The molecular weight excluding hydrogens is 301 g/mol. The van der Waals surface area contributed by atoms with Crippen LogP contribution in [0.1, 0.15) is 43.0 Å². The van der Waals surface area contributed by atoms with Crippen LogP contribution in [0.15, 0.2) is 24.3 Å². The summed E-state index contributed by atoms with van der Waals surface area (Å²) in [6, 6.07) is 4.73. The molecule has 7 heteroatoms. The second-order valence-electron chi connectivity index (χ2n) is 6.26. The first-order chi connectivity index (χ1) is 10.9. The molecule has 23 heavy (non-hydrogen) atoms. The van der Waals surface area contributed by atoms with Gasteiger partial charge in [0.2, 0.25) is 0 Å². The molecule has 1 spiro atoms. The highest BCUT2D eigenvalue weighted by Crippen LogP contribution is 2.35. The zero-order chi connectivity index (χ0) is 16.6. The Hall–Kier alpha value is -2.44. The first kappa shape index (κ1) is 15.5. The minimum absolute atomic E-state index is 0.216. The van der Waals surface area contributed by atoms with Gasteiger partial charge < -0.3 is 5.32 Å². The van der Waals surface area contributed by atoms with Crippen molar-refractivity contribution >= 4 is 17.8 Å². The molecule has 0 radical (unpaired) electrons. The minimum atomic E-state index is -0.938. The topological polar surface area (TPSA) is 78.5 Å². The second-order valence-corrected chi connectivity index (χ2v) is 6.26. The van der Waals surface area contributed by atoms with Crippen LogP contribution in [0.4, 0.5) is 9.18 Å². The van der Waals surface area contributed by atoms with E-state index in [9.17, 15) is 18.8 Å². The number of nitrogens with zero attached hydrogens (tertiary/aromatic N) is 1. The molecule has 6 nitrogen and oxygen atoms in total. The van der Waals surface area contributed by atoms with E-state index in [2.05, 4.69) is 17.7 Å². The van der Waals surface area contributed by atoms with Crippen molar-refractivity contribution in [2.24, 2.45) is 5.92 Å². The predicted molar refractivity (Wildman–Crippen MR) is 79.6 cm³/mol. The Balaban J connectivity index is 1.76. The van der Waals surface area contributed by atoms with Crippen LogP contribution in [0, 0.1) is 11.7 Å². The fourth-order valence-corrected chi connectivity index (χ4v) is 3.12. The maximum absolute atomic E-state index is 13.6. The summed E-state index contributed by atoms with van der Waals surface area (Å²) in [6.07, 6.45) is 2.76. The smallest absolute Gasteiger partial charge is 0.322 e. The lowest BCUT2D eigenvalue weighted by atomic mass is 9.77. The van der Waals surface area contributed by atoms with Crippen LogP contribution in [0.5, 0.6) is 0 Å². The Morgan fingerprint density at radius 1 is 1.30 bits per heavy atom. The molecule has 1 saturated carbocycles. The van der Waals surface area contributed by atoms with E-state index < -0.39 is 29.2 Å². The molecule has 1 aliphatic heterocycles. The standard InChI is InChI=1S/C16H18FN3O3/c1-10-6-8-16(9-7-10)14(22)20(15(23)18-16)19-13(21)11-4-2-3-5-12(11)17/h2-5,10H,6-9H2,1H3,(H,18,23)(H,19,21). The molecule has 1 aromatic rings. The third-order valence-corrected chi connectivity index (χ3v) is 4.62. The summed E-state index contributed by atoms with van der Waals surface area (Å²) in [6.45, 7) is 2.10. The highest BCUT2D eigenvalue weighted by molar-refractivity contribution is 6.09. The van der Waals surface area contributed by atoms with Crippen LogP contribution >= 0.6 is 0 Å². The van der Waals surface area contributed by atoms with Gasteiger partial charge in [-0.2, -0.15) is 5.01 Å². The Morgan fingerprint density at radius 2 is 1.96 bits per heavy atom. The first-order valence-corrected chi connectivity index (χ1v) is 7.65. The molecule has 2 N–H and O–H groups in total. The predicted octanol–water partition coefficient (Wildman–Crippen LogP) is 1.97. The molecule has 1 aliphatic carbocycles. The molecule has 4 amide bonds. The van der Waals surface area contributed by atoms with E-state index >= 15 is 0 Å². The molecule has 0 unspecified atom stereocenters. The fraction of sp³-hybridized carbons (Fsp3) is 0.438. The lowest BCUT2D eigenvalue weighted by Gasteiger charge is -2.33.